The number of carbonyl (C=O) groups excluding carboxylic acids is 1. The van der Waals surface area contributed by atoms with E-state index in [-0.39, 0.29) is 30.7 Å². The van der Waals surface area contributed by atoms with Crippen LogP contribution in [0.4, 0.5) is 0 Å². The number of amides is 1. The lowest BCUT2D eigenvalue weighted by atomic mass is 9.91. The number of rotatable bonds is 4. The first-order chi connectivity index (χ1) is 11.2. The minimum atomic E-state index is 0. The molecule has 0 spiro atoms. The van der Waals surface area contributed by atoms with Crippen molar-refractivity contribution in [2.75, 3.05) is 39.3 Å². The number of hydrogen-bond acceptors (Lipinski definition) is 3. The third kappa shape index (κ3) is 5.98. The second-order valence-electron chi connectivity index (χ2n) is 8.31. The molecule has 0 radical (unpaired) electrons. The molecule has 0 bridgehead atoms. The Labute approximate surface area is 166 Å². The van der Waals surface area contributed by atoms with Crippen molar-refractivity contribution in [3.8, 4) is 0 Å². The van der Waals surface area contributed by atoms with E-state index in [9.17, 15) is 4.79 Å². The van der Waals surface area contributed by atoms with Gasteiger partial charge in [-0.15, -0.1) is 24.8 Å². The lowest BCUT2D eigenvalue weighted by Crippen LogP contribution is -2.47. The maximum Gasteiger partial charge on any atom is 0.226 e. The zero-order valence-electron chi connectivity index (χ0n) is 15.7. The van der Waals surface area contributed by atoms with Crippen molar-refractivity contribution in [2.24, 2.45) is 29.4 Å². The molecule has 3 rings (SSSR count). The van der Waals surface area contributed by atoms with E-state index in [2.05, 4.69) is 16.7 Å². The third-order valence-corrected chi connectivity index (χ3v) is 6.50. The molecule has 25 heavy (non-hydrogen) atoms. The van der Waals surface area contributed by atoms with Crippen LogP contribution in [0.2, 0.25) is 0 Å². The molecule has 3 fully saturated rings. The van der Waals surface area contributed by atoms with Crippen molar-refractivity contribution >= 4 is 30.7 Å². The molecule has 0 aromatic carbocycles. The number of nitrogens with zero attached hydrogens (tertiary/aromatic N) is 2. The molecule has 1 aliphatic carbocycles. The van der Waals surface area contributed by atoms with Crippen molar-refractivity contribution in [1.29, 1.82) is 0 Å². The van der Waals surface area contributed by atoms with Gasteiger partial charge in [0.05, 0.1) is 0 Å². The van der Waals surface area contributed by atoms with Crippen LogP contribution in [0.5, 0.6) is 0 Å². The Bertz CT molecular complexity index is 402. The van der Waals surface area contributed by atoms with Gasteiger partial charge in [0, 0.05) is 25.6 Å². The molecule has 0 aromatic heterocycles. The van der Waals surface area contributed by atoms with Crippen LogP contribution in [0.15, 0.2) is 0 Å². The van der Waals surface area contributed by atoms with Gasteiger partial charge in [-0.25, -0.2) is 0 Å². The van der Waals surface area contributed by atoms with Crippen LogP contribution in [0, 0.1) is 23.7 Å². The van der Waals surface area contributed by atoms with E-state index in [0.717, 1.165) is 31.8 Å². The minimum Gasteiger partial charge on any atom is -0.342 e. The van der Waals surface area contributed by atoms with Gasteiger partial charge in [0.15, 0.2) is 0 Å². The van der Waals surface area contributed by atoms with Crippen LogP contribution in [-0.2, 0) is 4.79 Å². The van der Waals surface area contributed by atoms with Gasteiger partial charge in [0.1, 0.15) is 0 Å². The van der Waals surface area contributed by atoms with Crippen molar-refractivity contribution in [2.45, 2.75) is 51.9 Å². The fraction of sp³-hybridized carbons (Fsp3) is 0.947. The Hall–Kier alpha value is -0.0300. The Balaban J connectivity index is 0.00000156. The molecule has 2 heterocycles. The summed E-state index contributed by atoms with van der Waals surface area (Å²) in [6.45, 7) is 8.71. The molecule has 2 saturated heterocycles. The third-order valence-electron chi connectivity index (χ3n) is 6.50. The van der Waals surface area contributed by atoms with Gasteiger partial charge in [0.2, 0.25) is 5.91 Å². The number of halogens is 2. The topological polar surface area (TPSA) is 49.6 Å². The summed E-state index contributed by atoms with van der Waals surface area (Å²) < 4.78 is 0. The molecule has 6 heteroatoms. The first-order valence-corrected chi connectivity index (χ1v) is 9.88. The van der Waals surface area contributed by atoms with Crippen molar-refractivity contribution in [3.63, 3.8) is 0 Å². The minimum absolute atomic E-state index is 0. The number of piperidine rings is 2. The maximum atomic E-state index is 12.9. The molecule has 0 aromatic rings. The predicted octanol–water partition coefficient (Wildman–Crippen LogP) is 3.18. The van der Waals surface area contributed by atoms with E-state index in [1.165, 1.54) is 51.7 Å². The highest BCUT2D eigenvalue weighted by Crippen LogP contribution is 2.33. The normalized spacial score (nSPS) is 31.3. The SMILES string of the molecule is CC1CCN(CC2CCCN(C(=O)[C@@H]3CCC[C@@H]3CN)C2)CC1.Cl.Cl. The molecular formula is C19H37Cl2N3O. The lowest BCUT2D eigenvalue weighted by molar-refractivity contribution is -0.138. The lowest BCUT2D eigenvalue weighted by Gasteiger charge is -2.39. The number of nitrogens with two attached hydrogens (primary N) is 1. The van der Waals surface area contributed by atoms with Crippen LogP contribution in [0.3, 0.4) is 0 Å². The Kier molecular flexibility index (Phi) is 10.1. The predicted molar refractivity (Wildman–Crippen MR) is 109 cm³/mol. The average molecular weight is 394 g/mol. The summed E-state index contributed by atoms with van der Waals surface area (Å²) in [5, 5.41) is 0. The van der Waals surface area contributed by atoms with Crippen molar-refractivity contribution in [1.82, 2.24) is 9.80 Å². The zero-order chi connectivity index (χ0) is 16.2. The first kappa shape index (κ1) is 23.0. The summed E-state index contributed by atoms with van der Waals surface area (Å²) in [6, 6.07) is 0. The summed E-state index contributed by atoms with van der Waals surface area (Å²) in [7, 11) is 0. The van der Waals surface area contributed by atoms with Gasteiger partial charge in [-0.05, 0) is 75.9 Å². The highest BCUT2D eigenvalue weighted by Gasteiger charge is 2.36. The number of carbonyl (C=O) groups is 1. The zero-order valence-corrected chi connectivity index (χ0v) is 17.3. The number of hydrogen-bond donors (Lipinski definition) is 1. The van der Waals surface area contributed by atoms with E-state index in [1.54, 1.807) is 0 Å². The molecule has 1 unspecified atom stereocenters. The van der Waals surface area contributed by atoms with Crippen LogP contribution >= 0.6 is 24.8 Å². The van der Waals surface area contributed by atoms with Gasteiger partial charge < -0.3 is 15.5 Å². The molecular weight excluding hydrogens is 357 g/mol. The molecule has 148 valence electrons. The standard InChI is InChI=1S/C19H35N3O.2ClH/c1-15-7-10-21(11-8-15)13-16-4-3-9-22(14-16)19(23)18-6-2-5-17(18)12-20;;/h15-18H,2-14,20H2,1H3;2*1H/t16?,17-,18-;;/m1../s1. The fourth-order valence-corrected chi connectivity index (χ4v) is 4.90. The Morgan fingerprint density at radius 3 is 2.40 bits per heavy atom. The van der Waals surface area contributed by atoms with Crippen LogP contribution in [0.25, 0.3) is 0 Å². The molecule has 1 amide bonds. The van der Waals surface area contributed by atoms with Crippen LogP contribution < -0.4 is 5.73 Å². The molecule has 2 aliphatic heterocycles. The van der Waals surface area contributed by atoms with Gasteiger partial charge in [-0.3, -0.25) is 4.79 Å². The van der Waals surface area contributed by atoms with Crippen molar-refractivity contribution < 1.29 is 4.79 Å². The van der Waals surface area contributed by atoms with Crippen LogP contribution in [0.1, 0.15) is 51.9 Å². The summed E-state index contributed by atoms with van der Waals surface area (Å²) in [6.07, 6.45) is 8.55. The molecule has 4 nitrogen and oxygen atoms in total. The second kappa shape index (κ2) is 11.0. The van der Waals surface area contributed by atoms with Crippen molar-refractivity contribution in [3.05, 3.63) is 0 Å². The molecule has 1 saturated carbocycles. The number of likely N-dealkylation sites (tertiary alicyclic amines) is 2. The van der Waals surface area contributed by atoms with E-state index < -0.39 is 0 Å². The average Bonchev–Trinajstić information content (AvgIpc) is 3.05. The monoisotopic (exact) mass is 393 g/mol. The van der Waals surface area contributed by atoms with E-state index in [1.807, 2.05) is 0 Å². The van der Waals surface area contributed by atoms with E-state index in [4.69, 9.17) is 5.73 Å². The van der Waals surface area contributed by atoms with Gasteiger partial charge in [0.25, 0.3) is 0 Å². The molecule has 2 N–H and O–H groups in total. The summed E-state index contributed by atoms with van der Waals surface area (Å²) in [4.78, 5) is 17.7. The highest BCUT2D eigenvalue weighted by atomic mass is 35.5. The molecule has 3 atom stereocenters. The van der Waals surface area contributed by atoms with Crippen LogP contribution in [-0.4, -0.2) is 55.0 Å². The van der Waals surface area contributed by atoms with Gasteiger partial charge >= 0.3 is 0 Å². The second-order valence-corrected chi connectivity index (χ2v) is 8.31. The van der Waals surface area contributed by atoms with Gasteiger partial charge in [-0.2, -0.15) is 0 Å². The first-order valence-electron chi connectivity index (χ1n) is 9.88. The largest absolute Gasteiger partial charge is 0.342 e. The van der Waals surface area contributed by atoms with Gasteiger partial charge in [-0.1, -0.05) is 13.3 Å². The fourth-order valence-electron chi connectivity index (χ4n) is 4.90. The van der Waals surface area contributed by atoms with E-state index >= 15 is 0 Å². The highest BCUT2D eigenvalue weighted by molar-refractivity contribution is 5.85. The van der Waals surface area contributed by atoms with E-state index in [0.29, 0.717) is 24.3 Å². The Morgan fingerprint density at radius 1 is 1.00 bits per heavy atom. The summed E-state index contributed by atoms with van der Waals surface area (Å²) in [5.74, 6) is 2.64. The summed E-state index contributed by atoms with van der Waals surface area (Å²) >= 11 is 0. The molecule has 3 aliphatic rings. The smallest absolute Gasteiger partial charge is 0.226 e. The Morgan fingerprint density at radius 2 is 1.72 bits per heavy atom. The summed E-state index contributed by atoms with van der Waals surface area (Å²) in [5.41, 5.74) is 5.88. The maximum absolute atomic E-state index is 12.9. The quantitative estimate of drug-likeness (QED) is 0.797.